The van der Waals surface area contributed by atoms with Crippen LogP contribution < -0.4 is 5.32 Å². The van der Waals surface area contributed by atoms with Gasteiger partial charge in [0.2, 0.25) is 5.91 Å². The van der Waals surface area contributed by atoms with Crippen LogP contribution in [0.4, 0.5) is 4.39 Å². The van der Waals surface area contributed by atoms with Gasteiger partial charge in [-0.15, -0.1) is 0 Å². The highest BCUT2D eigenvalue weighted by Gasteiger charge is 2.22. The molecule has 7 heteroatoms. The Balaban J connectivity index is 2.03. The maximum absolute atomic E-state index is 13.7. The fourth-order valence-electron chi connectivity index (χ4n) is 2.32. The number of ether oxygens (including phenoxy) is 1. The van der Waals surface area contributed by atoms with Crippen LogP contribution in [0.15, 0.2) is 48.5 Å². The maximum Gasteiger partial charge on any atom is 0.305 e. The normalized spacial score (nSPS) is 13.0. The van der Waals surface area contributed by atoms with E-state index in [4.69, 9.17) is 21.4 Å². The number of nitrogens with one attached hydrogen (secondary N) is 1. The van der Waals surface area contributed by atoms with Crippen molar-refractivity contribution in [3.05, 3.63) is 70.5 Å². The van der Waals surface area contributed by atoms with Crippen LogP contribution in [0.1, 0.15) is 30.5 Å². The number of rotatable bonds is 8. The summed E-state index contributed by atoms with van der Waals surface area (Å²) in [5.74, 6) is -2.28. The van der Waals surface area contributed by atoms with Crippen molar-refractivity contribution in [2.45, 2.75) is 32.1 Å². The second kappa shape index (κ2) is 9.31. The van der Waals surface area contributed by atoms with E-state index in [1.165, 1.54) is 12.1 Å². The average molecular weight is 380 g/mol. The van der Waals surface area contributed by atoms with Gasteiger partial charge >= 0.3 is 5.97 Å². The zero-order valence-corrected chi connectivity index (χ0v) is 14.9. The van der Waals surface area contributed by atoms with Crippen molar-refractivity contribution in [3.8, 4) is 0 Å². The Morgan fingerprint density at radius 1 is 1.23 bits per heavy atom. The van der Waals surface area contributed by atoms with Crippen molar-refractivity contribution in [1.29, 1.82) is 0 Å². The van der Waals surface area contributed by atoms with E-state index in [0.717, 1.165) is 11.6 Å². The van der Waals surface area contributed by atoms with Crippen molar-refractivity contribution < 1.29 is 23.8 Å². The number of hydrogen-bond donors (Lipinski definition) is 2. The summed E-state index contributed by atoms with van der Waals surface area (Å²) in [6.07, 6.45) is -1.19. The van der Waals surface area contributed by atoms with Gasteiger partial charge in [-0.2, -0.15) is 0 Å². The molecule has 5 nitrogen and oxygen atoms in total. The van der Waals surface area contributed by atoms with Gasteiger partial charge in [-0.05, 0) is 30.2 Å². The van der Waals surface area contributed by atoms with Crippen LogP contribution >= 0.6 is 11.6 Å². The molecule has 0 spiro atoms. The second-order valence-corrected chi connectivity index (χ2v) is 6.18. The summed E-state index contributed by atoms with van der Waals surface area (Å²) in [6.45, 7) is 1.81. The monoisotopic (exact) mass is 379 g/mol. The number of carbonyl (C=O) groups excluding carboxylic acids is 1. The van der Waals surface area contributed by atoms with Gasteiger partial charge in [0.05, 0.1) is 24.1 Å². The van der Waals surface area contributed by atoms with Gasteiger partial charge < -0.3 is 15.2 Å². The Labute approximate surface area is 155 Å². The topological polar surface area (TPSA) is 75.6 Å². The molecule has 2 rings (SSSR count). The van der Waals surface area contributed by atoms with Gasteiger partial charge in [-0.25, -0.2) is 4.39 Å². The number of benzene rings is 2. The van der Waals surface area contributed by atoms with Gasteiger partial charge in [-0.3, -0.25) is 9.59 Å². The van der Waals surface area contributed by atoms with E-state index >= 15 is 0 Å². The van der Waals surface area contributed by atoms with Crippen LogP contribution in [0.3, 0.4) is 0 Å². The lowest BCUT2D eigenvalue weighted by atomic mass is 10.0. The number of carboxylic acids is 1. The van der Waals surface area contributed by atoms with Crippen molar-refractivity contribution >= 4 is 23.5 Å². The number of hydrogen-bond acceptors (Lipinski definition) is 3. The minimum atomic E-state index is -1.12. The largest absolute Gasteiger partial charge is 0.481 e. The Morgan fingerprint density at radius 3 is 2.54 bits per heavy atom. The fraction of sp³-hybridized carbons (Fsp3) is 0.263. The summed E-state index contributed by atoms with van der Waals surface area (Å²) in [5, 5.41) is 11.6. The molecule has 2 unspecified atom stereocenters. The van der Waals surface area contributed by atoms with E-state index in [-0.39, 0.29) is 11.6 Å². The van der Waals surface area contributed by atoms with Crippen molar-refractivity contribution in [1.82, 2.24) is 5.32 Å². The molecule has 0 aliphatic carbocycles. The molecule has 0 aliphatic heterocycles. The lowest BCUT2D eigenvalue weighted by Crippen LogP contribution is -2.38. The zero-order chi connectivity index (χ0) is 19.1. The summed E-state index contributed by atoms with van der Waals surface area (Å²) in [6, 6.07) is 12.4. The van der Waals surface area contributed by atoms with Gasteiger partial charge in [0.15, 0.2) is 0 Å². The SMILES string of the molecule is CC(OCc1ccccc1)C(=O)NC(CC(=O)O)c1ccc(Cl)c(F)c1. The summed E-state index contributed by atoms with van der Waals surface area (Å²) in [7, 11) is 0. The molecule has 0 bridgehead atoms. The number of aliphatic carboxylic acids is 1. The Bertz CT molecular complexity index is 769. The summed E-state index contributed by atoms with van der Waals surface area (Å²) < 4.78 is 19.2. The van der Waals surface area contributed by atoms with E-state index < -0.39 is 36.3 Å². The van der Waals surface area contributed by atoms with E-state index in [0.29, 0.717) is 5.56 Å². The van der Waals surface area contributed by atoms with Crippen LogP contribution in [-0.4, -0.2) is 23.1 Å². The molecule has 2 atom stereocenters. The minimum Gasteiger partial charge on any atom is -0.481 e. The highest BCUT2D eigenvalue weighted by Crippen LogP contribution is 2.23. The molecule has 0 aromatic heterocycles. The molecule has 0 fully saturated rings. The molecular weight excluding hydrogens is 361 g/mol. The van der Waals surface area contributed by atoms with E-state index in [2.05, 4.69) is 5.32 Å². The third-order valence-electron chi connectivity index (χ3n) is 3.75. The molecule has 0 radical (unpaired) electrons. The van der Waals surface area contributed by atoms with Crippen LogP contribution in [0.2, 0.25) is 5.02 Å². The van der Waals surface area contributed by atoms with E-state index in [1.807, 2.05) is 30.3 Å². The van der Waals surface area contributed by atoms with Crippen molar-refractivity contribution in [3.63, 3.8) is 0 Å². The number of carbonyl (C=O) groups is 2. The molecule has 0 saturated heterocycles. The zero-order valence-electron chi connectivity index (χ0n) is 14.1. The highest BCUT2D eigenvalue weighted by molar-refractivity contribution is 6.30. The third-order valence-corrected chi connectivity index (χ3v) is 4.06. The Morgan fingerprint density at radius 2 is 1.92 bits per heavy atom. The smallest absolute Gasteiger partial charge is 0.305 e. The predicted octanol–water partition coefficient (Wildman–Crippen LogP) is 3.72. The van der Waals surface area contributed by atoms with Crippen molar-refractivity contribution in [2.75, 3.05) is 0 Å². The molecule has 2 N–H and O–H groups in total. The third kappa shape index (κ3) is 5.82. The summed E-state index contributed by atoms with van der Waals surface area (Å²) >= 11 is 5.65. The molecule has 138 valence electrons. The summed E-state index contributed by atoms with van der Waals surface area (Å²) in [5.41, 5.74) is 1.23. The Hall–Kier alpha value is -2.44. The average Bonchev–Trinajstić information content (AvgIpc) is 2.61. The van der Waals surface area contributed by atoms with Gasteiger partial charge in [0.1, 0.15) is 11.9 Å². The van der Waals surface area contributed by atoms with Gasteiger partial charge in [0, 0.05) is 0 Å². The quantitative estimate of drug-likeness (QED) is 0.733. The van der Waals surface area contributed by atoms with Crippen LogP contribution in [-0.2, 0) is 20.9 Å². The fourth-order valence-corrected chi connectivity index (χ4v) is 2.43. The van der Waals surface area contributed by atoms with Crippen LogP contribution in [0.25, 0.3) is 0 Å². The van der Waals surface area contributed by atoms with Crippen LogP contribution in [0.5, 0.6) is 0 Å². The second-order valence-electron chi connectivity index (χ2n) is 5.77. The van der Waals surface area contributed by atoms with Gasteiger partial charge in [0.25, 0.3) is 0 Å². The molecule has 0 heterocycles. The first-order valence-electron chi connectivity index (χ1n) is 7.99. The van der Waals surface area contributed by atoms with Crippen molar-refractivity contribution in [2.24, 2.45) is 0 Å². The molecule has 26 heavy (non-hydrogen) atoms. The number of carboxylic acid groups (broad SMARTS) is 1. The molecule has 2 aromatic carbocycles. The van der Waals surface area contributed by atoms with E-state index in [1.54, 1.807) is 6.92 Å². The lowest BCUT2D eigenvalue weighted by Gasteiger charge is -2.21. The highest BCUT2D eigenvalue weighted by atomic mass is 35.5. The first-order chi connectivity index (χ1) is 12.4. The molecular formula is C19H19ClFNO4. The maximum atomic E-state index is 13.7. The minimum absolute atomic E-state index is 0.0753. The first kappa shape index (κ1) is 19.9. The lowest BCUT2D eigenvalue weighted by molar-refractivity contribution is -0.138. The number of amides is 1. The molecule has 0 saturated carbocycles. The summed E-state index contributed by atoms with van der Waals surface area (Å²) in [4.78, 5) is 23.4. The molecule has 1 amide bonds. The van der Waals surface area contributed by atoms with E-state index in [9.17, 15) is 14.0 Å². The van der Waals surface area contributed by atoms with Crippen LogP contribution in [0, 0.1) is 5.82 Å². The predicted molar refractivity (Wildman–Crippen MR) is 95.2 cm³/mol. The number of halogens is 2. The standard InChI is InChI=1S/C19H19ClFNO4/c1-12(26-11-13-5-3-2-4-6-13)19(25)22-17(10-18(23)24)14-7-8-15(20)16(21)9-14/h2-9,12,17H,10-11H2,1H3,(H,22,25)(H,23,24). The Kier molecular flexibility index (Phi) is 7.12. The van der Waals surface area contributed by atoms with Gasteiger partial charge in [-0.1, -0.05) is 48.0 Å². The molecule has 0 aliphatic rings. The molecule has 2 aromatic rings. The first-order valence-corrected chi connectivity index (χ1v) is 8.37.